The highest BCUT2D eigenvalue weighted by Gasteiger charge is 2.22. The van der Waals surface area contributed by atoms with Crippen LogP contribution in [0.25, 0.3) is 0 Å². The number of nitrogens with zero attached hydrogens (tertiary/aromatic N) is 1. The molecule has 3 heteroatoms. The predicted molar refractivity (Wildman–Crippen MR) is 121 cm³/mol. The third-order valence-electron chi connectivity index (χ3n) is 4.83. The van der Waals surface area contributed by atoms with E-state index in [0.29, 0.717) is 6.61 Å². The molecule has 0 N–H and O–H groups in total. The number of hydrogen-bond acceptors (Lipinski definition) is 3. The first-order chi connectivity index (χ1) is 13.9. The Labute approximate surface area is 176 Å². The Bertz CT molecular complexity index is 806. The van der Waals surface area contributed by atoms with Crippen LogP contribution in [-0.4, -0.2) is 24.0 Å². The Hall–Kier alpha value is -2.39. The molecule has 0 aliphatic carbocycles. The molecule has 0 aromatic heterocycles. The third-order valence-corrected chi connectivity index (χ3v) is 4.83. The minimum Gasteiger partial charge on any atom is -0.457 e. The summed E-state index contributed by atoms with van der Waals surface area (Å²) < 4.78 is 4.92. The molecular weight excluding hydrogens is 358 g/mol. The Morgan fingerprint density at radius 1 is 1.00 bits per heavy atom. The van der Waals surface area contributed by atoms with Gasteiger partial charge in [-0.2, -0.15) is 0 Å². The number of esters is 1. The van der Waals surface area contributed by atoms with E-state index in [1.165, 1.54) is 29.7 Å². The number of ether oxygens (including phenoxy) is 1. The van der Waals surface area contributed by atoms with Crippen molar-refractivity contribution >= 4 is 5.97 Å². The van der Waals surface area contributed by atoms with Gasteiger partial charge in [-0.1, -0.05) is 69.3 Å². The van der Waals surface area contributed by atoms with Gasteiger partial charge in [0.15, 0.2) is 0 Å². The van der Waals surface area contributed by atoms with E-state index in [9.17, 15) is 4.79 Å². The zero-order valence-corrected chi connectivity index (χ0v) is 18.6. The highest BCUT2D eigenvalue weighted by Crippen LogP contribution is 2.25. The molecular formula is C26H35NO2. The van der Waals surface area contributed by atoms with Gasteiger partial charge in [-0.15, -0.1) is 0 Å². The molecule has 0 amide bonds. The molecule has 0 saturated heterocycles. The number of carbonyl (C=O) groups excluding carboxylic acids is 1. The highest BCUT2D eigenvalue weighted by atomic mass is 16.5. The maximum Gasteiger partial charge on any atom is 0.338 e. The fraction of sp³-hybridized carbons (Fsp3) is 0.423. The molecule has 0 saturated carbocycles. The van der Waals surface area contributed by atoms with Gasteiger partial charge in [-0.3, -0.25) is 4.90 Å². The van der Waals surface area contributed by atoms with Crippen molar-refractivity contribution in [3.05, 3.63) is 82.4 Å². The molecule has 0 bridgehead atoms. The summed E-state index contributed by atoms with van der Waals surface area (Å²) in [7, 11) is 0. The first-order valence-corrected chi connectivity index (χ1v) is 10.6. The molecule has 2 aromatic rings. The van der Waals surface area contributed by atoms with E-state index < -0.39 is 0 Å². The van der Waals surface area contributed by atoms with Gasteiger partial charge in [-0.05, 0) is 48.9 Å². The predicted octanol–water partition coefficient (Wildman–Crippen LogP) is 6.08. The zero-order valence-electron chi connectivity index (χ0n) is 18.6. The van der Waals surface area contributed by atoms with Gasteiger partial charge in [0.05, 0.1) is 5.56 Å². The first-order valence-electron chi connectivity index (χ1n) is 10.6. The molecule has 0 atom stereocenters. The quantitative estimate of drug-likeness (QED) is 0.457. The molecule has 156 valence electrons. The average molecular weight is 394 g/mol. The van der Waals surface area contributed by atoms with E-state index in [1.807, 2.05) is 26.0 Å². The number of cyclic esters (lactones) is 1. The third kappa shape index (κ3) is 7.51. The number of rotatable bonds is 2. The van der Waals surface area contributed by atoms with Crippen LogP contribution in [0, 0.1) is 19.8 Å². The fourth-order valence-corrected chi connectivity index (χ4v) is 3.14. The minimum absolute atomic E-state index is 0.187. The van der Waals surface area contributed by atoms with Crippen LogP contribution in [0.2, 0.25) is 0 Å². The minimum atomic E-state index is -0.187. The molecule has 2 aromatic carbocycles. The van der Waals surface area contributed by atoms with E-state index in [4.69, 9.17) is 4.74 Å². The Morgan fingerprint density at radius 3 is 2.31 bits per heavy atom. The van der Waals surface area contributed by atoms with Crippen molar-refractivity contribution in [2.45, 2.75) is 54.2 Å². The summed E-state index contributed by atoms with van der Waals surface area (Å²) in [6.45, 7) is 14.4. The molecule has 2 aliphatic rings. The average Bonchev–Trinajstić information content (AvgIpc) is 3.08. The molecule has 0 unspecified atom stereocenters. The van der Waals surface area contributed by atoms with Crippen molar-refractivity contribution in [3.63, 3.8) is 0 Å². The topological polar surface area (TPSA) is 29.5 Å². The molecule has 3 nitrogen and oxygen atoms in total. The van der Waals surface area contributed by atoms with Crippen LogP contribution >= 0.6 is 0 Å². The fourth-order valence-electron chi connectivity index (χ4n) is 3.14. The number of hydrogen-bond donors (Lipinski definition) is 0. The molecule has 2 heterocycles. The van der Waals surface area contributed by atoms with Gasteiger partial charge >= 0.3 is 5.97 Å². The van der Waals surface area contributed by atoms with E-state index in [0.717, 1.165) is 30.1 Å². The summed E-state index contributed by atoms with van der Waals surface area (Å²) in [5.41, 5.74) is 5.60. The Morgan fingerprint density at radius 2 is 1.69 bits per heavy atom. The first kappa shape index (κ1) is 22.9. The lowest BCUT2D eigenvalue weighted by Crippen LogP contribution is -2.26. The largest absolute Gasteiger partial charge is 0.457 e. The van der Waals surface area contributed by atoms with Crippen molar-refractivity contribution in [1.29, 1.82) is 0 Å². The lowest BCUT2D eigenvalue weighted by Gasteiger charge is -2.22. The number of benzene rings is 2. The van der Waals surface area contributed by atoms with Crippen molar-refractivity contribution in [2.24, 2.45) is 5.92 Å². The molecule has 4 rings (SSSR count). The second kappa shape index (κ2) is 11.6. The lowest BCUT2D eigenvalue weighted by atomic mass is 10.00. The molecule has 29 heavy (non-hydrogen) atoms. The smallest absolute Gasteiger partial charge is 0.338 e. The van der Waals surface area contributed by atoms with Gasteiger partial charge in [0, 0.05) is 25.2 Å². The summed E-state index contributed by atoms with van der Waals surface area (Å²) in [5.74, 6) is 0.646. The summed E-state index contributed by atoms with van der Waals surface area (Å²) >= 11 is 0. The molecule has 0 fully saturated rings. The normalized spacial score (nSPS) is 15.0. The van der Waals surface area contributed by atoms with Crippen LogP contribution in [0.3, 0.4) is 0 Å². The van der Waals surface area contributed by atoms with Gasteiger partial charge in [0.1, 0.15) is 6.61 Å². The van der Waals surface area contributed by atoms with Crippen LogP contribution in [0.15, 0.2) is 54.6 Å². The summed E-state index contributed by atoms with van der Waals surface area (Å²) in [4.78, 5) is 13.6. The van der Waals surface area contributed by atoms with Crippen molar-refractivity contribution in [3.8, 4) is 0 Å². The zero-order chi connectivity index (χ0) is 21.2. The van der Waals surface area contributed by atoms with Gasteiger partial charge in [-0.25, -0.2) is 4.79 Å². The maximum atomic E-state index is 11.1. The number of aryl methyl sites for hydroxylation is 1. The van der Waals surface area contributed by atoms with Crippen molar-refractivity contribution in [1.82, 2.24) is 4.90 Å². The van der Waals surface area contributed by atoms with E-state index in [1.54, 1.807) is 0 Å². The van der Waals surface area contributed by atoms with E-state index in [-0.39, 0.29) is 5.97 Å². The lowest BCUT2D eigenvalue weighted by molar-refractivity contribution is 0.0535. The van der Waals surface area contributed by atoms with Crippen molar-refractivity contribution < 1.29 is 9.53 Å². The van der Waals surface area contributed by atoms with Crippen LogP contribution in [-0.2, 0) is 17.9 Å². The van der Waals surface area contributed by atoms with Crippen molar-refractivity contribution in [2.75, 3.05) is 13.1 Å². The second-order valence-electron chi connectivity index (χ2n) is 8.32. The van der Waals surface area contributed by atoms with Gasteiger partial charge < -0.3 is 4.74 Å². The maximum absolute atomic E-state index is 11.1. The monoisotopic (exact) mass is 393 g/mol. The van der Waals surface area contributed by atoms with Crippen LogP contribution in [0.5, 0.6) is 0 Å². The van der Waals surface area contributed by atoms with Crippen LogP contribution in [0.4, 0.5) is 0 Å². The molecule has 2 aliphatic heterocycles. The Balaban J connectivity index is 0.000000176. The second-order valence-corrected chi connectivity index (χ2v) is 8.32. The number of carbonyl (C=O) groups is 1. The molecule has 0 spiro atoms. The number of fused-ring (bicyclic) bond motifs is 1. The summed E-state index contributed by atoms with van der Waals surface area (Å²) in [6.07, 6.45) is 5.72. The molecule has 0 radical (unpaired) electrons. The van der Waals surface area contributed by atoms with Gasteiger partial charge in [0.25, 0.3) is 0 Å². The van der Waals surface area contributed by atoms with Crippen LogP contribution in [0.1, 0.15) is 59.8 Å². The summed E-state index contributed by atoms with van der Waals surface area (Å²) in [6, 6.07) is 14.5. The highest BCUT2D eigenvalue weighted by molar-refractivity contribution is 5.93. The Kier molecular flexibility index (Phi) is 9.14. The van der Waals surface area contributed by atoms with E-state index >= 15 is 0 Å². The van der Waals surface area contributed by atoms with E-state index in [2.05, 4.69) is 68.2 Å². The van der Waals surface area contributed by atoms with Crippen LogP contribution < -0.4 is 0 Å². The summed E-state index contributed by atoms with van der Waals surface area (Å²) in [5, 5.41) is 0. The van der Waals surface area contributed by atoms with Gasteiger partial charge in [0.2, 0.25) is 0 Å². The standard InChI is InChI=1S/C12H15N.C10H10O2.C4H10/c1-3-7-12(8-4-1)11-13-9-5-2-6-10-13;1-6-3-4-8-9(7(6)2)5-12-10(8)11;1-4(2)3/h1-5,7-8H,6,9-11H2;3-4H,5H2,1-2H3;4H,1-3H3. The SMILES string of the molecule is C1=CCN(Cc2ccccc2)CC1.CC(C)C.Cc1ccc2c(c1C)COC2=O.